The number of amides is 2. The van der Waals surface area contributed by atoms with E-state index in [4.69, 9.17) is 10.5 Å². The number of primary amides is 1. The van der Waals surface area contributed by atoms with Crippen molar-refractivity contribution in [1.29, 1.82) is 0 Å². The SMILES string of the molecule is CC(C)CN(CC(N)=O)C(=O)COC1(C)CNC1. The molecule has 104 valence electrons. The molecule has 0 aliphatic carbocycles. The second-order valence-corrected chi connectivity index (χ2v) is 5.48. The maximum absolute atomic E-state index is 12.0. The Balaban J connectivity index is 2.44. The van der Waals surface area contributed by atoms with Crippen LogP contribution in [0.3, 0.4) is 0 Å². The van der Waals surface area contributed by atoms with Crippen molar-refractivity contribution in [3.8, 4) is 0 Å². The minimum atomic E-state index is -0.500. The lowest BCUT2D eigenvalue weighted by molar-refractivity contribution is -0.148. The van der Waals surface area contributed by atoms with Gasteiger partial charge in [0.2, 0.25) is 11.8 Å². The lowest BCUT2D eigenvalue weighted by Gasteiger charge is -2.39. The molecule has 0 radical (unpaired) electrons. The Morgan fingerprint density at radius 2 is 2.06 bits per heavy atom. The highest BCUT2D eigenvalue weighted by Crippen LogP contribution is 2.15. The molecular weight excluding hydrogens is 234 g/mol. The van der Waals surface area contributed by atoms with Crippen molar-refractivity contribution < 1.29 is 14.3 Å². The molecule has 0 unspecified atom stereocenters. The Kier molecular flexibility index (Phi) is 5.10. The molecular formula is C12H23N3O3. The summed E-state index contributed by atoms with van der Waals surface area (Å²) in [5.41, 5.74) is 4.88. The number of ether oxygens (including phenoxy) is 1. The van der Waals surface area contributed by atoms with E-state index in [0.717, 1.165) is 13.1 Å². The largest absolute Gasteiger partial charge is 0.368 e. The molecule has 0 aromatic carbocycles. The number of rotatable bonds is 7. The van der Waals surface area contributed by atoms with Gasteiger partial charge in [0.25, 0.3) is 0 Å². The third-order valence-electron chi connectivity index (χ3n) is 2.83. The van der Waals surface area contributed by atoms with E-state index < -0.39 is 5.91 Å². The van der Waals surface area contributed by atoms with E-state index in [1.807, 2.05) is 20.8 Å². The Morgan fingerprint density at radius 1 is 1.44 bits per heavy atom. The van der Waals surface area contributed by atoms with Gasteiger partial charge >= 0.3 is 0 Å². The lowest BCUT2D eigenvalue weighted by Crippen LogP contribution is -2.60. The van der Waals surface area contributed by atoms with Crippen LogP contribution in [0.25, 0.3) is 0 Å². The summed E-state index contributed by atoms with van der Waals surface area (Å²) in [7, 11) is 0. The first kappa shape index (κ1) is 14.9. The summed E-state index contributed by atoms with van der Waals surface area (Å²) in [5.74, 6) is -0.398. The molecule has 6 nitrogen and oxygen atoms in total. The van der Waals surface area contributed by atoms with Gasteiger partial charge in [-0.15, -0.1) is 0 Å². The van der Waals surface area contributed by atoms with E-state index in [1.54, 1.807) is 0 Å². The zero-order valence-electron chi connectivity index (χ0n) is 11.4. The molecule has 1 rings (SSSR count). The number of carbonyl (C=O) groups excluding carboxylic acids is 2. The Morgan fingerprint density at radius 3 is 2.44 bits per heavy atom. The fourth-order valence-electron chi connectivity index (χ4n) is 1.79. The highest BCUT2D eigenvalue weighted by Gasteiger charge is 2.33. The molecule has 0 atom stereocenters. The van der Waals surface area contributed by atoms with Gasteiger partial charge in [0.15, 0.2) is 0 Å². The topological polar surface area (TPSA) is 84.7 Å². The van der Waals surface area contributed by atoms with Crippen molar-refractivity contribution >= 4 is 11.8 Å². The number of nitrogens with one attached hydrogen (secondary N) is 1. The zero-order chi connectivity index (χ0) is 13.8. The number of hydrogen-bond acceptors (Lipinski definition) is 4. The van der Waals surface area contributed by atoms with E-state index in [2.05, 4.69) is 5.32 Å². The Hall–Kier alpha value is -1.14. The molecule has 6 heteroatoms. The fraction of sp³-hybridized carbons (Fsp3) is 0.833. The van der Waals surface area contributed by atoms with Gasteiger partial charge in [-0.3, -0.25) is 9.59 Å². The summed E-state index contributed by atoms with van der Waals surface area (Å²) >= 11 is 0. The van der Waals surface area contributed by atoms with Crippen molar-refractivity contribution in [1.82, 2.24) is 10.2 Å². The van der Waals surface area contributed by atoms with Gasteiger partial charge in [0, 0.05) is 19.6 Å². The van der Waals surface area contributed by atoms with Gasteiger partial charge in [-0.05, 0) is 12.8 Å². The van der Waals surface area contributed by atoms with Crippen LogP contribution in [0.2, 0.25) is 0 Å². The maximum atomic E-state index is 12.0. The molecule has 1 heterocycles. The van der Waals surface area contributed by atoms with Crippen LogP contribution in [-0.2, 0) is 14.3 Å². The smallest absolute Gasteiger partial charge is 0.249 e. The first-order chi connectivity index (χ1) is 8.32. The van der Waals surface area contributed by atoms with E-state index in [0.29, 0.717) is 6.54 Å². The number of nitrogens with two attached hydrogens (primary N) is 1. The first-order valence-corrected chi connectivity index (χ1v) is 6.23. The van der Waals surface area contributed by atoms with Gasteiger partial charge < -0.3 is 20.7 Å². The van der Waals surface area contributed by atoms with Crippen LogP contribution < -0.4 is 11.1 Å². The first-order valence-electron chi connectivity index (χ1n) is 6.23. The van der Waals surface area contributed by atoms with Crippen molar-refractivity contribution in [3.05, 3.63) is 0 Å². The molecule has 1 saturated heterocycles. The second kappa shape index (κ2) is 6.15. The van der Waals surface area contributed by atoms with Crippen LogP contribution in [0.15, 0.2) is 0 Å². The standard InChI is InChI=1S/C12H23N3O3/c1-9(2)4-15(5-10(13)16)11(17)6-18-12(3)7-14-8-12/h9,14H,4-8H2,1-3H3,(H2,13,16). The number of hydrogen-bond donors (Lipinski definition) is 2. The number of carbonyl (C=O) groups is 2. The quantitative estimate of drug-likeness (QED) is 0.634. The molecule has 18 heavy (non-hydrogen) atoms. The van der Waals surface area contributed by atoms with Crippen LogP contribution in [0.5, 0.6) is 0 Å². The third-order valence-corrected chi connectivity index (χ3v) is 2.83. The highest BCUT2D eigenvalue weighted by atomic mass is 16.5. The highest BCUT2D eigenvalue weighted by molar-refractivity contribution is 5.84. The van der Waals surface area contributed by atoms with E-state index in [9.17, 15) is 9.59 Å². The average Bonchev–Trinajstić information content (AvgIpc) is 2.21. The van der Waals surface area contributed by atoms with Crippen LogP contribution in [0.4, 0.5) is 0 Å². The molecule has 1 fully saturated rings. The second-order valence-electron chi connectivity index (χ2n) is 5.48. The summed E-state index contributed by atoms with van der Waals surface area (Å²) in [5, 5.41) is 3.10. The molecule has 0 saturated carbocycles. The molecule has 1 aliphatic rings. The summed E-state index contributed by atoms with van der Waals surface area (Å²) in [4.78, 5) is 24.4. The van der Waals surface area contributed by atoms with E-state index in [1.165, 1.54) is 4.90 Å². The zero-order valence-corrected chi connectivity index (χ0v) is 11.4. The normalized spacial score (nSPS) is 17.3. The summed E-state index contributed by atoms with van der Waals surface area (Å²) in [6.07, 6.45) is 0. The van der Waals surface area contributed by atoms with E-state index >= 15 is 0 Å². The summed E-state index contributed by atoms with van der Waals surface area (Å²) in [6, 6.07) is 0. The van der Waals surface area contributed by atoms with Gasteiger partial charge in [0.05, 0.1) is 12.1 Å². The molecule has 2 amide bonds. The Labute approximate surface area is 108 Å². The summed E-state index contributed by atoms with van der Waals surface area (Å²) in [6.45, 7) is 7.89. The predicted octanol–water partition coefficient (Wildman–Crippen LogP) is -0.665. The van der Waals surface area contributed by atoms with Crippen molar-refractivity contribution in [2.75, 3.05) is 32.8 Å². The molecule has 0 aromatic rings. The van der Waals surface area contributed by atoms with Crippen LogP contribution in [-0.4, -0.2) is 55.1 Å². The van der Waals surface area contributed by atoms with Crippen LogP contribution >= 0.6 is 0 Å². The van der Waals surface area contributed by atoms with Crippen LogP contribution in [0.1, 0.15) is 20.8 Å². The molecule has 0 aromatic heterocycles. The maximum Gasteiger partial charge on any atom is 0.249 e. The monoisotopic (exact) mass is 257 g/mol. The fourth-order valence-corrected chi connectivity index (χ4v) is 1.79. The van der Waals surface area contributed by atoms with Gasteiger partial charge in [-0.1, -0.05) is 13.8 Å². The number of nitrogens with zero attached hydrogens (tertiary/aromatic N) is 1. The van der Waals surface area contributed by atoms with E-state index in [-0.39, 0.29) is 30.6 Å². The lowest BCUT2D eigenvalue weighted by atomic mass is 10.0. The van der Waals surface area contributed by atoms with Gasteiger partial charge in [-0.25, -0.2) is 0 Å². The Bertz CT molecular complexity index is 314. The minimum Gasteiger partial charge on any atom is -0.368 e. The van der Waals surface area contributed by atoms with Gasteiger partial charge in [0.1, 0.15) is 6.61 Å². The average molecular weight is 257 g/mol. The summed E-state index contributed by atoms with van der Waals surface area (Å²) < 4.78 is 5.57. The van der Waals surface area contributed by atoms with Crippen molar-refractivity contribution in [3.63, 3.8) is 0 Å². The van der Waals surface area contributed by atoms with Gasteiger partial charge in [-0.2, -0.15) is 0 Å². The van der Waals surface area contributed by atoms with Crippen LogP contribution in [0, 0.1) is 5.92 Å². The minimum absolute atomic E-state index is 0.00181. The molecule has 1 aliphatic heterocycles. The molecule has 3 N–H and O–H groups in total. The molecule has 0 bridgehead atoms. The third kappa shape index (κ3) is 4.62. The predicted molar refractivity (Wildman–Crippen MR) is 67.8 cm³/mol. The molecule has 0 spiro atoms. The van der Waals surface area contributed by atoms with Crippen molar-refractivity contribution in [2.45, 2.75) is 26.4 Å². The van der Waals surface area contributed by atoms with Crippen molar-refractivity contribution in [2.24, 2.45) is 11.7 Å².